The van der Waals surface area contributed by atoms with E-state index in [9.17, 15) is 14.0 Å². The van der Waals surface area contributed by atoms with Crippen LogP contribution < -0.4 is 5.32 Å². The van der Waals surface area contributed by atoms with Crippen LogP contribution >= 0.6 is 12.4 Å². The van der Waals surface area contributed by atoms with Crippen LogP contribution in [0.2, 0.25) is 0 Å². The maximum absolute atomic E-state index is 13.5. The highest BCUT2D eigenvalue weighted by Crippen LogP contribution is 2.15. The zero-order valence-electron chi connectivity index (χ0n) is 15.9. The lowest BCUT2D eigenvalue weighted by Gasteiger charge is -2.25. The topological polar surface area (TPSA) is 72.9 Å². The number of aryl methyl sites for hydroxylation is 1. The molecule has 27 heavy (non-hydrogen) atoms. The first-order valence-corrected chi connectivity index (χ1v) is 9.01. The van der Waals surface area contributed by atoms with Crippen molar-refractivity contribution >= 4 is 24.3 Å². The summed E-state index contributed by atoms with van der Waals surface area (Å²) in [6, 6.07) is 5.20. The molecule has 1 aliphatic rings. The molecule has 1 atom stereocenters. The number of carbonyl (C=O) groups excluding carboxylic acids is 1. The minimum absolute atomic E-state index is 0. The number of benzene rings is 1. The Morgan fingerprint density at radius 1 is 1.33 bits per heavy atom. The predicted molar refractivity (Wildman–Crippen MR) is 105 cm³/mol. The highest BCUT2D eigenvalue weighted by molar-refractivity contribution is 5.85. The van der Waals surface area contributed by atoms with Crippen LogP contribution in [0.15, 0.2) is 18.2 Å². The third-order valence-electron chi connectivity index (χ3n) is 4.89. The number of rotatable bonds is 7. The SMILES string of the molecule is Cc1ccc(CNC(=O)CN2CCCC(N(C)CC(=O)O)CC2)cc1F.Cl. The summed E-state index contributed by atoms with van der Waals surface area (Å²) in [6.07, 6.45) is 2.72. The lowest BCUT2D eigenvalue weighted by atomic mass is 10.1. The Morgan fingerprint density at radius 3 is 2.74 bits per heavy atom. The van der Waals surface area contributed by atoms with Crippen LogP contribution in [0.25, 0.3) is 0 Å². The average Bonchev–Trinajstić information content (AvgIpc) is 2.81. The van der Waals surface area contributed by atoms with Crippen molar-refractivity contribution in [1.29, 1.82) is 0 Å². The maximum atomic E-state index is 13.5. The normalized spacial score (nSPS) is 17.9. The molecule has 1 unspecified atom stereocenters. The number of aliphatic carboxylic acids is 1. The van der Waals surface area contributed by atoms with Crippen molar-refractivity contribution in [1.82, 2.24) is 15.1 Å². The van der Waals surface area contributed by atoms with Gasteiger partial charge >= 0.3 is 5.97 Å². The Morgan fingerprint density at radius 2 is 2.07 bits per heavy atom. The van der Waals surface area contributed by atoms with Gasteiger partial charge in [-0.05, 0) is 57.0 Å². The van der Waals surface area contributed by atoms with Gasteiger partial charge in [0.15, 0.2) is 0 Å². The number of halogens is 2. The smallest absolute Gasteiger partial charge is 0.317 e. The van der Waals surface area contributed by atoms with Crippen LogP contribution in [0.3, 0.4) is 0 Å². The molecule has 0 spiro atoms. The second kappa shape index (κ2) is 11.2. The molecule has 0 saturated carbocycles. The van der Waals surface area contributed by atoms with Crippen molar-refractivity contribution in [3.63, 3.8) is 0 Å². The van der Waals surface area contributed by atoms with E-state index in [0.717, 1.165) is 37.9 Å². The highest BCUT2D eigenvalue weighted by Gasteiger charge is 2.22. The maximum Gasteiger partial charge on any atom is 0.317 e. The number of hydrogen-bond donors (Lipinski definition) is 2. The molecule has 0 bridgehead atoms. The molecule has 2 rings (SSSR count). The van der Waals surface area contributed by atoms with Gasteiger partial charge in [0.2, 0.25) is 5.91 Å². The Bertz CT molecular complexity index is 645. The zero-order chi connectivity index (χ0) is 19.1. The average molecular weight is 402 g/mol. The molecule has 152 valence electrons. The van der Waals surface area contributed by atoms with E-state index in [0.29, 0.717) is 18.7 Å². The predicted octanol–water partition coefficient (Wildman–Crippen LogP) is 2.04. The molecule has 1 saturated heterocycles. The van der Waals surface area contributed by atoms with Crippen LogP contribution in [-0.4, -0.2) is 66.1 Å². The van der Waals surface area contributed by atoms with E-state index < -0.39 is 5.97 Å². The van der Waals surface area contributed by atoms with Gasteiger partial charge in [0.1, 0.15) is 5.82 Å². The molecule has 8 heteroatoms. The van der Waals surface area contributed by atoms with Crippen LogP contribution in [0, 0.1) is 12.7 Å². The largest absolute Gasteiger partial charge is 0.480 e. The standard InChI is InChI=1S/C19H28FN3O3.ClH/c1-14-5-6-15(10-17(14)20)11-21-18(24)12-23-8-3-4-16(7-9-23)22(2)13-19(25)26;/h5-6,10,16H,3-4,7-9,11-13H2,1-2H3,(H,21,24)(H,25,26);1H. The Hall–Kier alpha value is -1.70. The van der Waals surface area contributed by atoms with Crippen LogP contribution in [0.1, 0.15) is 30.4 Å². The third-order valence-corrected chi connectivity index (χ3v) is 4.89. The van der Waals surface area contributed by atoms with Crippen molar-refractivity contribution in [3.05, 3.63) is 35.1 Å². The minimum Gasteiger partial charge on any atom is -0.480 e. The summed E-state index contributed by atoms with van der Waals surface area (Å²) < 4.78 is 13.5. The van der Waals surface area contributed by atoms with Crippen LogP contribution in [0.5, 0.6) is 0 Å². The number of likely N-dealkylation sites (N-methyl/N-ethyl adjacent to an activating group) is 1. The quantitative estimate of drug-likeness (QED) is 0.731. The monoisotopic (exact) mass is 401 g/mol. The molecule has 1 aromatic carbocycles. The van der Waals surface area contributed by atoms with E-state index in [-0.39, 0.29) is 36.7 Å². The Kier molecular flexibility index (Phi) is 9.69. The van der Waals surface area contributed by atoms with Gasteiger partial charge in [-0.1, -0.05) is 12.1 Å². The van der Waals surface area contributed by atoms with Gasteiger partial charge in [-0.15, -0.1) is 12.4 Å². The molecule has 1 aromatic rings. The highest BCUT2D eigenvalue weighted by atomic mass is 35.5. The van der Waals surface area contributed by atoms with E-state index in [1.54, 1.807) is 13.0 Å². The summed E-state index contributed by atoms with van der Waals surface area (Å²) in [5, 5.41) is 11.8. The molecular formula is C19H29ClFN3O3. The lowest BCUT2D eigenvalue weighted by molar-refractivity contribution is -0.138. The third kappa shape index (κ3) is 7.82. The second-order valence-corrected chi connectivity index (χ2v) is 7.03. The van der Waals surface area contributed by atoms with E-state index in [1.165, 1.54) is 6.07 Å². The van der Waals surface area contributed by atoms with Crippen molar-refractivity contribution in [2.75, 3.05) is 33.2 Å². The van der Waals surface area contributed by atoms with E-state index >= 15 is 0 Å². The number of carboxylic acid groups (broad SMARTS) is 1. The molecule has 1 aliphatic heterocycles. The molecule has 1 fully saturated rings. The molecule has 1 amide bonds. The van der Waals surface area contributed by atoms with Crippen LogP contribution in [-0.2, 0) is 16.1 Å². The van der Waals surface area contributed by atoms with Gasteiger partial charge in [-0.3, -0.25) is 19.4 Å². The van der Waals surface area contributed by atoms with Gasteiger partial charge < -0.3 is 10.4 Å². The fraction of sp³-hybridized carbons (Fsp3) is 0.579. The summed E-state index contributed by atoms with van der Waals surface area (Å²) in [6.45, 7) is 3.96. The fourth-order valence-electron chi connectivity index (χ4n) is 3.29. The van der Waals surface area contributed by atoms with E-state index in [1.807, 2.05) is 18.0 Å². The van der Waals surface area contributed by atoms with Crippen molar-refractivity contribution in [3.8, 4) is 0 Å². The molecule has 6 nitrogen and oxygen atoms in total. The van der Waals surface area contributed by atoms with Gasteiger partial charge in [-0.2, -0.15) is 0 Å². The van der Waals surface area contributed by atoms with E-state index in [2.05, 4.69) is 10.2 Å². The summed E-state index contributed by atoms with van der Waals surface area (Å²) in [5.41, 5.74) is 1.33. The number of carboxylic acids is 1. The van der Waals surface area contributed by atoms with Crippen molar-refractivity contribution < 1.29 is 19.1 Å². The van der Waals surface area contributed by atoms with Gasteiger partial charge in [0, 0.05) is 19.1 Å². The molecule has 0 aliphatic carbocycles. The fourth-order valence-corrected chi connectivity index (χ4v) is 3.29. The van der Waals surface area contributed by atoms with Gasteiger partial charge in [0.05, 0.1) is 13.1 Å². The number of nitrogens with one attached hydrogen (secondary N) is 1. The second-order valence-electron chi connectivity index (χ2n) is 7.03. The number of amides is 1. The molecule has 0 radical (unpaired) electrons. The summed E-state index contributed by atoms with van der Waals surface area (Å²) in [5.74, 6) is -1.16. The number of carbonyl (C=O) groups is 2. The molecular weight excluding hydrogens is 373 g/mol. The Balaban J connectivity index is 0.00000364. The number of hydrogen-bond acceptors (Lipinski definition) is 4. The first-order chi connectivity index (χ1) is 12.3. The number of nitrogens with zero attached hydrogens (tertiary/aromatic N) is 2. The minimum atomic E-state index is -0.819. The summed E-state index contributed by atoms with van der Waals surface area (Å²) in [7, 11) is 1.84. The van der Waals surface area contributed by atoms with Crippen LogP contribution in [0.4, 0.5) is 4.39 Å². The molecule has 1 heterocycles. The summed E-state index contributed by atoms with van der Waals surface area (Å²) in [4.78, 5) is 27.0. The first-order valence-electron chi connectivity index (χ1n) is 9.01. The van der Waals surface area contributed by atoms with Gasteiger partial charge in [0.25, 0.3) is 0 Å². The number of likely N-dealkylation sites (tertiary alicyclic amines) is 1. The molecule has 0 aromatic heterocycles. The van der Waals surface area contributed by atoms with Crippen molar-refractivity contribution in [2.45, 2.75) is 38.8 Å². The lowest BCUT2D eigenvalue weighted by Crippen LogP contribution is -2.39. The van der Waals surface area contributed by atoms with Gasteiger partial charge in [-0.25, -0.2) is 4.39 Å². The Labute approximate surface area is 166 Å². The zero-order valence-corrected chi connectivity index (χ0v) is 16.7. The van der Waals surface area contributed by atoms with Crippen molar-refractivity contribution in [2.24, 2.45) is 0 Å². The molecule has 2 N–H and O–H groups in total. The summed E-state index contributed by atoms with van der Waals surface area (Å²) >= 11 is 0. The van der Waals surface area contributed by atoms with E-state index in [4.69, 9.17) is 5.11 Å². The first kappa shape index (κ1) is 23.3.